The number of benzene rings is 8. The summed E-state index contributed by atoms with van der Waals surface area (Å²) in [7, 11) is -3.02. The van der Waals surface area contributed by atoms with Crippen molar-refractivity contribution in [2.75, 3.05) is 25.0 Å². The van der Waals surface area contributed by atoms with Crippen LogP contribution < -0.4 is 0 Å². The van der Waals surface area contributed by atoms with Crippen LogP contribution in [0.1, 0.15) is 62.8 Å². The molecule has 0 unspecified atom stereocenters. The minimum Gasteiger partial charge on any atom is -0.455 e. The summed E-state index contributed by atoms with van der Waals surface area (Å²) in [4.78, 5) is 5.67. The minimum atomic E-state index is -1.51. The Morgan fingerprint density at radius 1 is 0.441 bits per heavy atom. The molecule has 2 aliphatic heterocycles. The van der Waals surface area contributed by atoms with E-state index in [0.717, 1.165) is 35.2 Å². The van der Waals surface area contributed by atoms with E-state index in [9.17, 15) is 0 Å². The first-order valence-corrected chi connectivity index (χ1v) is 29.1. The first-order chi connectivity index (χ1) is 32.7. The topological polar surface area (TPSA) is 26.3 Å². The van der Waals surface area contributed by atoms with Crippen molar-refractivity contribution in [3.8, 4) is 55.6 Å². The van der Waals surface area contributed by atoms with Crippen molar-refractivity contribution in [3.05, 3.63) is 173 Å². The van der Waals surface area contributed by atoms with Crippen LogP contribution in [0.15, 0.2) is 180 Å². The molecule has 8 aromatic carbocycles. The zero-order valence-corrected chi connectivity index (χ0v) is 41.5. The average molecular weight is 917 g/mol. The van der Waals surface area contributed by atoms with Gasteiger partial charge in [0.1, 0.15) is 22.3 Å². The lowest BCUT2D eigenvalue weighted by Crippen LogP contribution is -2.17. The van der Waals surface area contributed by atoms with Crippen LogP contribution in [0.5, 0.6) is 0 Å². The summed E-state index contributed by atoms with van der Waals surface area (Å²) >= 11 is 0. The summed E-state index contributed by atoms with van der Waals surface area (Å²) in [6, 6.07) is 51.2. The van der Waals surface area contributed by atoms with E-state index in [-0.39, 0.29) is 10.8 Å². The second-order valence-electron chi connectivity index (χ2n) is 21.8. The number of furan rings is 2. The quantitative estimate of drug-likeness (QED) is 0.173. The predicted octanol–water partition coefficient (Wildman–Crippen LogP) is 18.4. The molecule has 15 rings (SSSR count). The van der Waals surface area contributed by atoms with Crippen LogP contribution in [0.3, 0.4) is 0 Å². The van der Waals surface area contributed by atoms with E-state index in [1.54, 1.807) is 5.57 Å². The van der Waals surface area contributed by atoms with Crippen molar-refractivity contribution in [2.45, 2.75) is 70.9 Å². The Labute approximate surface area is 401 Å². The summed E-state index contributed by atoms with van der Waals surface area (Å²) < 4.78 is 14.3. The van der Waals surface area contributed by atoms with Gasteiger partial charge in [-0.05, 0) is 148 Å². The van der Waals surface area contributed by atoms with Crippen molar-refractivity contribution < 1.29 is 8.83 Å². The molecule has 2 aromatic heterocycles. The Morgan fingerprint density at radius 2 is 0.926 bits per heavy atom. The van der Waals surface area contributed by atoms with Gasteiger partial charge in [-0.3, -0.25) is 0 Å². The molecular formula is C64H52O2S2. The summed E-state index contributed by atoms with van der Waals surface area (Å²) in [5, 5.41) is 4.78. The number of rotatable bonds is 2. The monoisotopic (exact) mass is 916 g/mol. The van der Waals surface area contributed by atoms with E-state index in [0.29, 0.717) is 0 Å². The Kier molecular flexibility index (Phi) is 7.43. The Hall–Kier alpha value is -6.46. The molecule has 3 aliphatic carbocycles. The molecule has 2 nitrogen and oxygen atoms in total. The molecular weight excluding hydrogens is 865 g/mol. The number of allylic oxidation sites excluding steroid dienone is 4. The fourth-order valence-corrected chi connectivity index (χ4v) is 18.6. The van der Waals surface area contributed by atoms with Crippen molar-refractivity contribution in [2.24, 2.45) is 0 Å². The van der Waals surface area contributed by atoms with Crippen molar-refractivity contribution in [1.82, 2.24) is 0 Å². The maximum absolute atomic E-state index is 7.16. The number of para-hydroxylation sites is 2. The van der Waals surface area contributed by atoms with Crippen molar-refractivity contribution in [3.63, 3.8) is 0 Å². The summed E-state index contributed by atoms with van der Waals surface area (Å²) in [5.74, 6) is 0. The van der Waals surface area contributed by atoms with Gasteiger partial charge in [0.25, 0.3) is 0 Å². The summed E-state index contributed by atoms with van der Waals surface area (Å²) in [6.45, 7) is 9.56. The van der Waals surface area contributed by atoms with Crippen LogP contribution in [0.4, 0.5) is 0 Å². The molecule has 0 radical (unpaired) electrons. The molecule has 332 valence electrons. The van der Waals surface area contributed by atoms with E-state index >= 15 is 0 Å². The first-order valence-electron chi connectivity index (χ1n) is 24.2. The Bertz CT molecular complexity index is 4080. The van der Waals surface area contributed by atoms with E-state index in [1.165, 1.54) is 125 Å². The largest absolute Gasteiger partial charge is 0.455 e. The molecule has 0 fully saturated rings. The molecule has 0 spiro atoms. The summed E-state index contributed by atoms with van der Waals surface area (Å²) in [6.07, 6.45) is 17.0. The molecule has 0 atom stereocenters. The fourth-order valence-electron chi connectivity index (χ4n) is 13.7. The van der Waals surface area contributed by atoms with Crippen LogP contribution in [-0.4, -0.2) is 25.0 Å². The third-order valence-corrected chi connectivity index (χ3v) is 22.9. The maximum atomic E-state index is 7.16. The van der Waals surface area contributed by atoms with Gasteiger partial charge >= 0.3 is 0 Å². The molecule has 68 heavy (non-hydrogen) atoms. The number of hydrogen-bond donors (Lipinski definition) is 0. The number of hydrogen-bond acceptors (Lipinski definition) is 2. The predicted molar refractivity (Wildman–Crippen MR) is 291 cm³/mol. The zero-order valence-electron chi connectivity index (χ0n) is 39.9. The highest BCUT2D eigenvalue weighted by Crippen LogP contribution is 2.75. The van der Waals surface area contributed by atoms with Gasteiger partial charge in [0.2, 0.25) is 0 Å². The third-order valence-electron chi connectivity index (χ3n) is 17.2. The molecule has 4 heteroatoms. The van der Waals surface area contributed by atoms with Crippen LogP contribution in [0.2, 0.25) is 0 Å². The second-order valence-corrected chi connectivity index (χ2v) is 28.9. The molecule has 0 amide bonds. The van der Waals surface area contributed by atoms with E-state index < -0.39 is 20.1 Å². The van der Waals surface area contributed by atoms with Gasteiger partial charge in [-0.15, -0.1) is 0 Å². The van der Waals surface area contributed by atoms with Crippen molar-refractivity contribution >= 4 is 69.5 Å². The van der Waals surface area contributed by atoms with E-state index in [4.69, 9.17) is 8.83 Å². The molecule has 0 saturated carbocycles. The lowest BCUT2D eigenvalue weighted by Gasteiger charge is -2.31. The molecule has 4 heterocycles. The fraction of sp³-hybridized carbons (Fsp3) is 0.188. The SMILES string of the molecule is CC1(C)C2=C(C=CCC2)c2cc(-c3cc4c(c5oc6ccccc6c35)-c3cc5c(cc3S4(C)C)-c3c(cc(-c4ccc6c(c4)-c4ccccc4C6(C)C)c4c3oc3ccccc34)S5(C)C)ccc21. The summed E-state index contributed by atoms with van der Waals surface area (Å²) in [5.41, 5.74) is 25.5. The third kappa shape index (κ3) is 4.74. The standard InChI is InChI=1S/C64H52O2S2/c1-63(2)47-21-13-9-17-37(47)43-29-35(25-27-49(43)63)41-31-55-59(61-57(41)39-19-11-15-23-51(39)65-61)45-33-54-46(34-53(45)67(55,5)6)60-56(68(54,7)8)32-42(58-40-20-12-16-24-52(40)66-62(58)60)36-26-28-50-44(30-36)38-18-10-14-22-48(38)64(50,3)4/h9-13,15-21,23-34H,14,22H2,1-8H3. The van der Waals surface area contributed by atoms with Crippen LogP contribution in [-0.2, 0) is 10.8 Å². The van der Waals surface area contributed by atoms with E-state index in [1.807, 2.05) is 0 Å². The van der Waals surface area contributed by atoms with E-state index in [2.05, 4.69) is 198 Å². The van der Waals surface area contributed by atoms with Gasteiger partial charge in [0.15, 0.2) is 0 Å². The lowest BCUT2D eigenvalue weighted by molar-refractivity contribution is 0.607. The van der Waals surface area contributed by atoms with Crippen LogP contribution >= 0.6 is 20.1 Å². The lowest BCUT2D eigenvalue weighted by atomic mass is 9.78. The smallest absolute Gasteiger partial charge is 0.144 e. The molecule has 0 bridgehead atoms. The van der Waals surface area contributed by atoms with Gasteiger partial charge in [0, 0.05) is 74.2 Å². The van der Waals surface area contributed by atoms with Crippen LogP contribution in [0.25, 0.3) is 105 Å². The van der Waals surface area contributed by atoms with Crippen molar-refractivity contribution in [1.29, 1.82) is 0 Å². The Balaban J connectivity index is 0.959. The average Bonchev–Trinajstić information content (AvgIpc) is 4.13. The van der Waals surface area contributed by atoms with Gasteiger partial charge in [-0.2, -0.15) is 20.1 Å². The first kappa shape index (κ1) is 39.5. The highest BCUT2D eigenvalue weighted by molar-refractivity contribution is 8.33. The van der Waals surface area contributed by atoms with Crippen LogP contribution in [0, 0.1) is 0 Å². The molecule has 0 N–H and O–H groups in total. The highest BCUT2D eigenvalue weighted by atomic mass is 32.3. The second kappa shape index (κ2) is 12.8. The van der Waals surface area contributed by atoms with Gasteiger partial charge in [-0.1, -0.05) is 130 Å². The van der Waals surface area contributed by atoms with Gasteiger partial charge in [0.05, 0.1) is 0 Å². The number of fused-ring (bicyclic) bond motifs is 19. The Morgan fingerprint density at radius 3 is 1.51 bits per heavy atom. The van der Waals surface area contributed by atoms with Gasteiger partial charge in [-0.25, -0.2) is 0 Å². The van der Waals surface area contributed by atoms with Gasteiger partial charge < -0.3 is 8.83 Å². The molecule has 10 aromatic rings. The minimum absolute atomic E-state index is 0.0353. The molecule has 0 saturated heterocycles. The highest BCUT2D eigenvalue weighted by Gasteiger charge is 2.44. The zero-order chi connectivity index (χ0) is 46.0. The normalized spacial score (nSPS) is 18.9. The maximum Gasteiger partial charge on any atom is 0.144 e. The molecule has 5 aliphatic rings.